The van der Waals surface area contributed by atoms with E-state index in [0.29, 0.717) is 18.7 Å². The Balaban J connectivity index is 0.00000192. The molecule has 126 valence electrons. The highest BCUT2D eigenvalue weighted by Crippen LogP contribution is 2.25. The van der Waals surface area contributed by atoms with Gasteiger partial charge < -0.3 is 24.9 Å². The Bertz CT molecular complexity index is 673. The molecule has 1 aliphatic rings. The van der Waals surface area contributed by atoms with Crippen molar-refractivity contribution in [3.63, 3.8) is 0 Å². The van der Waals surface area contributed by atoms with Crippen LogP contribution in [-0.2, 0) is 11.2 Å². The number of aliphatic hydroxyl groups excluding tert-OH is 1. The maximum atomic E-state index is 12.1. The summed E-state index contributed by atoms with van der Waals surface area (Å²) in [5.41, 5.74) is 1.55. The summed E-state index contributed by atoms with van der Waals surface area (Å²) >= 11 is 0. The molecule has 0 radical (unpaired) electrons. The molecule has 1 amide bonds. The van der Waals surface area contributed by atoms with Gasteiger partial charge in [-0.3, -0.25) is 4.79 Å². The number of hydrogen-bond donors (Lipinski definition) is 3. The molecule has 3 rings (SSSR count). The van der Waals surface area contributed by atoms with Crippen molar-refractivity contribution in [3.05, 3.63) is 30.0 Å². The summed E-state index contributed by atoms with van der Waals surface area (Å²) in [5.74, 6) is 0.729. The fraction of sp³-hybridized carbons (Fsp3) is 0.438. The lowest BCUT2D eigenvalue weighted by molar-refractivity contribution is -0.120. The molecule has 1 fully saturated rings. The molecule has 0 aliphatic carbocycles. The third-order valence-corrected chi connectivity index (χ3v) is 4.08. The van der Waals surface area contributed by atoms with Crippen LogP contribution in [0.2, 0.25) is 0 Å². The molecule has 2 heterocycles. The molecular formula is C16H21ClN2O4. The van der Waals surface area contributed by atoms with Crippen LogP contribution in [0.1, 0.15) is 5.56 Å². The summed E-state index contributed by atoms with van der Waals surface area (Å²) in [4.78, 5) is 12.1. The van der Waals surface area contributed by atoms with Gasteiger partial charge in [0.05, 0.1) is 25.9 Å². The molecule has 3 N–H and O–H groups in total. The molecule has 23 heavy (non-hydrogen) atoms. The van der Waals surface area contributed by atoms with E-state index in [1.807, 2.05) is 12.1 Å². The Morgan fingerprint density at radius 2 is 2.30 bits per heavy atom. The molecule has 0 spiro atoms. The minimum Gasteiger partial charge on any atom is -0.497 e. The zero-order valence-corrected chi connectivity index (χ0v) is 13.7. The van der Waals surface area contributed by atoms with Crippen LogP contribution in [0.4, 0.5) is 0 Å². The van der Waals surface area contributed by atoms with Gasteiger partial charge in [0.25, 0.3) is 0 Å². The normalized spacial score (nSPS) is 20.3. The number of methoxy groups -OCH3 is 1. The highest BCUT2D eigenvalue weighted by Gasteiger charge is 2.25. The predicted molar refractivity (Wildman–Crippen MR) is 89.1 cm³/mol. The molecule has 2 atom stereocenters. The van der Waals surface area contributed by atoms with Gasteiger partial charge in [0.15, 0.2) is 0 Å². The Morgan fingerprint density at radius 1 is 1.48 bits per heavy atom. The summed E-state index contributed by atoms with van der Waals surface area (Å²) in [7, 11) is 1.60. The number of β-amino-alcohol motifs (C(OH)–C–C–N with tert-alkyl or cyclic N) is 1. The van der Waals surface area contributed by atoms with Crippen molar-refractivity contribution in [1.29, 1.82) is 0 Å². The topological polar surface area (TPSA) is 83.7 Å². The quantitative estimate of drug-likeness (QED) is 0.759. The molecule has 1 saturated heterocycles. The second-order valence-electron chi connectivity index (χ2n) is 5.59. The van der Waals surface area contributed by atoms with E-state index in [-0.39, 0.29) is 36.8 Å². The van der Waals surface area contributed by atoms with Gasteiger partial charge in [0, 0.05) is 42.6 Å². The molecule has 6 nitrogen and oxygen atoms in total. The number of amides is 1. The predicted octanol–water partition coefficient (Wildman–Crippen LogP) is 1.10. The number of rotatable bonds is 5. The highest BCUT2D eigenvalue weighted by atomic mass is 35.5. The highest BCUT2D eigenvalue weighted by molar-refractivity contribution is 5.88. The molecule has 0 bridgehead atoms. The van der Waals surface area contributed by atoms with Crippen molar-refractivity contribution in [2.24, 2.45) is 5.92 Å². The van der Waals surface area contributed by atoms with E-state index in [1.54, 1.807) is 19.4 Å². The molecule has 2 unspecified atom stereocenters. The number of furan rings is 1. The number of benzene rings is 1. The van der Waals surface area contributed by atoms with Crippen LogP contribution in [0, 0.1) is 5.92 Å². The SMILES string of the molecule is COc1ccc2c(CC(=O)NCC3CNCC3O)coc2c1.Cl. The lowest BCUT2D eigenvalue weighted by Gasteiger charge is -2.13. The van der Waals surface area contributed by atoms with Crippen LogP contribution < -0.4 is 15.4 Å². The second kappa shape index (κ2) is 7.68. The number of halogens is 1. The standard InChI is InChI=1S/C16H20N2O4.ClH/c1-21-12-2-3-13-10(9-22-15(13)5-12)4-16(20)18-7-11-6-17-8-14(11)19;/h2-3,5,9,11,14,17,19H,4,6-8H2,1H3,(H,18,20);1H. The van der Waals surface area contributed by atoms with Crippen molar-refractivity contribution >= 4 is 29.3 Å². The molecule has 1 aromatic carbocycles. The number of ether oxygens (including phenoxy) is 1. The van der Waals surface area contributed by atoms with E-state index in [2.05, 4.69) is 10.6 Å². The monoisotopic (exact) mass is 340 g/mol. The van der Waals surface area contributed by atoms with E-state index in [0.717, 1.165) is 23.2 Å². The Hall–Kier alpha value is -1.76. The van der Waals surface area contributed by atoms with Crippen LogP contribution in [0.15, 0.2) is 28.9 Å². The Morgan fingerprint density at radius 3 is 3.00 bits per heavy atom. The number of nitrogens with one attached hydrogen (secondary N) is 2. The van der Waals surface area contributed by atoms with Gasteiger partial charge in [0.2, 0.25) is 5.91 Å². The Kier molecular flexibility index (Phi) is 5.87. The molecular weight excluding hydrogens is 320 g/mol. The summed E-state index contributed by atoms with van der Waals surface area (Å²) in [5, 5.41) is 16.6. The average Bonchev–Trinajstić information content (AvgIpc) is 3.11. The zero-order valence-electron chi connectivity index (χ0n) is 12.9. The van der Waals surface area contributed by atoms with Gasteiger partial charge in [-0.25, -0.2) is 0 Å². The van der Waals surface area contributed by atoms with Gasteiger partial charge in [-0.1, -0.05) is 0 Å². The van der Waals surface area contributed by atoms with E-state index in [4.69, 9.17) is 9.15 Å². The first-order chi connectivity index (χ1) is 10.7. The van der Waals surface area contributed by atoms with Gasteiger partial charge in [-0.15, -0.1) is 12.4 Å². The number of fused-ring (bicyclic) bond motifs is 1. The van der Waals surface area contributed by atoms with Crippen molar-refractivity contribution in [2.75, 3.05) is 26.7 Å². The first-order valence-electron chi connectivity index (χ1n) is 7.37. The summed E-state index contributed by atoms with van der Waals surface area (Å²) in [6, 6.07) is 5.54. The molecule has 2 aromatic rings. The lowest BCUT2D eigenvalue weighted by Crippen LogP contribution is -2.35. The number of carbonyl (C=O) groups is 1. The maximum Gasteiger partial charge on any atom is 0.224 e. The largest absolute Gasteiger partial charge is 0.497 e. The smallest absolute Gasteiger partial charge is 0.224 e. The van der Waals surface area contributed by atoms with Crippen LogP contribution in [0.3, 0.4) is 0 Å². The van der Waals surface area contributed by atoms with Crippen LogP contribution >= 0.6 is 12.4 Å². The van der Waals surface area contributed by atoms with Crippen molar-refractivity contribution < 1.29 is 19.1 Å². The van der Waals surface area contributed by atoms with Crippen molar-refractivity contribution in [1.82, 2.24) is 10.6 Å². The summed E-state index contributed by atoms with van der Waals surface area (Å²) in [6.45, 7) is 1.81. The van der Waals surface area contributed by atoms with Crippen molar-refractivity contribution in [3.8, 4) is 5.75 Å². The lowest BCUT2D eigenvalue weighted by atomic mass is 10.1. The van der Waals surface area contributed by atoms with Crippen LogP contribution in [-0.4, -0.2) is 43.9 Å². The first-order valence-corrected chi connectivity index (χ1v) is 7.37. The van der Waals surface area contributed by atoms with Gasteiger partial charge >= 0.3 is 0 Å². The molecule has 1 aromatic heterocycles. The van der Waals surface area contributed by atoms with Crippen LogP contribution in [0.5, 0.6) is 5.75 Å². The first kappa shape index (κ1) is 17.6. The van der Waals surface area contributed by atoms with Gasteiger partial charge in [-0.2, -0.15) is 0 Å². The maximum absolute atomic E-state index is 12.1. The van der Waals surface area contributed by atoms with Crippen LogP contribution in [0.25, 0.3) is 11.0 Å². The zero-order chi connectivity index (χ0) is 15.5. The fourth-order valence-corrected chi connectivity index (χ4v) is 2.74. The summed E-state index contributed by atoms with van der Waals surface area (Å²) < 4.78 is 10.6. The fourth-order valence-electron chi connectivity index (χ4n) is 2.74. The van der Waals surface area contributed by atoms with Gasteiger partial charge in [0.1, 0.15) is 11.3 Å². The van der Waals surface area contributed by atoms with E-state index in [1.165, 1.54) is 0 Å². The third-order valence-electron chi connectivity index (χ3n) is 4.08. The molecule has 7 heteroatoms. The minimum atomic E-state index is -0.387. The Labute approximate surface area is 140 Å². The minimum absolute atomic E-state index is 0. The average molecular weight is 341 g/mol. The number of aliphatic hydroxyl groups is 1. The van der Waals surface area contributed by atoms with E-state index in [9.17, 15) is 9.90 Å². The van der Waals surface area contributed by atoms with Gasteiger partial charge in [-0.05, 0) is 12.1 Å². The number of carbonyl (C=O) groups excluding carboxylic acids is 1. The number of hydrogen-bond acceptors (Lipinski definition) is 5. The van der Waals surface area contributed by atoms with Crippen molar-refractivity contribution in [2.45, 2.75) is 12.5 Å². The second-order valence-corrected chi connectivity index (χ2v) is 5.59. The van der Waals surface area contributed by atoms with E-state index >= 15 is 0 Å². The molecule has 1 aliphatic heterocycles. The molecule has 0 saturated carbocycles. The third kappa shape index (κ3) is 3.96. The van der Waals surface area contributed by atoms with E-state index < -0.39 is 0 Å². The summed E-state index contributed by atoms with van der Waals surface area (Å²) in [6.07, 6.45) is 1.48.